The second-order valence-electron chi connectivity index (χ2n) is 5.89. The summed E-state index contributed by atoms with van der Waals surface area (Å²) in [7, 11) is 1.73. The summed E-state index contributed by atoms with van der Waals surface area (Å²) in [6.07, 6.45) is 6.20. The molecule has 1 aromatic carbocycles. The van der Waals surface area contributed by atoms with Crippen molar-refractivity contribution in [1.29, 1.82) is 0 Å². The van der Waals surface area contributed by atoms with Crippen LogP contribution < -0.4 is 0 Å². The molecule has 0 spiro atoms. The van der Waals surface area contributed by atoms with E-state index in [4.69, 9.17) is 4.74 Å². The Kier molecular flexibility index (Phi) is 5.41. The van der Waals surface area contributed by atoms with Crippen molar-refractivity contribution in [2.24, 2.45) is 5.92 Å². The normalized spacial score (nSPS) is 23.5. The zero-order chi connectivity index (χ0) is 13.7. The molecular formula is C17H26O2. The summed E-state index contributed by atoms with van der Waals surface area (Å²) in [5, 5.41) is 9.41. The molecule has 1 N–H and O–H groups in total. The van der Waals surface area contributed by atoms with Crippen LogP contribution >= 0.6 is 0 Å². The molecule has 2 nitrogen and oxygen atoms in total. The molecule has 0 amide bonds. The summed E-state index contributed by atoms with van der Waals surface area (Å²) in [5.41, 5.74) is 3.75. The Balaban J connectivity index is 2.12. The van der Waals surface area contributed by atoms with Crippen LogP contribution in [-0.2, 0) is 17.8 Å². The molecule has 2 heteroatoms. The van der Waals surface area contributed by atoms with Gasteiger partial charge in [0.2, 0.25) is 0 Å². The Morgan fingerprint density at radius 3 is 2.53 bits per heavy atom. The van der Waals surface area contributed by atoms with E-state index in [-0.39, 0.29) is 6.61 Å². The van der Waals surface area contributed by atoms with Gasteiger partial charge < -0.3 is 9.84 Å². The predicted octanol–water partition coefficient (Wildman–Crippen LogP) is 3.66. The van der Waals surface area contributed by atoms with Gasteiger partial charge >= 0.3 is 0 Å². The van der Waals surface area contributed by atoms with Gasteiger partial charge in [-0.25, -0.2) is 0 Å². The highest BCUT2D eigenvalue weighted by atomic mass is 16.5. The first-order valence-corrected chi connectivity index (χ1v) is 7.46. The van der Waals surface area contributed by atoms with E-state index in [0.717, 1.165) is 24.5 Å². The minimum absolute atomic E-state index is 0.126. The van der Waals surface area contributed by atoms with Crippen LogP contribution in [-0.4, -0.2) is 18.8 Å². The fourth-order valence-corrected chi connectivity index (χ4v) is 3.09. The fraction of sp³-hybridized carbons (Fsp3) is 0.647. The average molecular weight is 262 g/mol. The highest BCUT2D eigenvalue weighted by Gasteiger charge is 2.20. The Morgan fingerprint density at radius 1 is 1.16 bits per heavy atom. The molecule has 0 aromatic heterocycles. The molecule has 0 atom stereocenters. The third kappa shape index (κ3) is 3.80. The van der Waals surface area contributed by atoms with Gasteiger partial charge in [-0.05, 0) is 47.8 Å². The second kappa shape index (κ2) is 7.06. The maximum absolute atomic E-state index is 9.41. The zero-order valence-corrected chi connectivity index (χ0v) is 12.2. The molecule has 1 aliphatic rings. The summed E-state index contributed by atoms with van der Waals surface area (Å²) in [6.45, 7) is 3.20. The fourth-order valence-electron chi connectivity index (χ4n) is 3.09. The van der Waals surface area contributed by atoms with Crippen LogP contribution in [0.4, 0.5) is 0 Å². The van der Waals surface area contributed by atoms with Crippen LogP contribution in [0.2, 0.25) is 0 Å². The van der Waals surface area contributed by atoms with Gasteiger partial charge in [-0.15, -0.1) is 0 Å². The molecule has 0 saturated heterocycles. The quantitative estimate of drug-likeness (QED) is 0.877. The molecular weight excluding hydrogens is 236 g/mol. The number of ether oxygens (including phenoxy) is 1. The van der Waals surface area contributed by atoms with Crippen LogP contribution in [0, 0.1) is 5.92 Å². The van der Waals surface area contributed by atoms with Crippen molar-refractivity contribution in [3.05, 3.63) is 34.9 Å². The smallest absolute Gasteiger partial charge is 0.0684 e. The lowest BCUT2D eigenvalue weighted by Gasteiger charge is -2.27. The van der Waals surface area contributed by atoms with Gasteiger partial charge in [0.05, 0.1) is 13.2 Å². The Labute approximate surface area is 116 Å². The van der Waals surface area contributed by atoms with E-state index in [1.807, 2.05) is 0 Å². The summed E-state index contributed by atoms with van der Waals surface area (Å²) in [6, 6.07) is 6.60. The molecule has 106 valence electrons. The summed E-state index contributed by atoms with van der Waals surface area (Å²) in [4.78, 5) is 0. The van der Waals surface area contributed by atoms with Crippen molar-refractivity contribution >= 4 is 0 Å². The first kappa shape index (κ1) is 14.5. The highest BCUT2D eigenvalue weighted by molar-refractivity contribution is 5.34. The maximum Gasteiger partial charge on any atom is 0.0684 e. The lowest BCUT2D eigenvalue weighted by atomic mass is 9.79. The molecule has 0 unspecified atom stereocenters. The van der Waals surface area contributed by atoms with E-state index in [1.165, 1.54) is 36.8 Å². The summed E-state index contributed by atoms with van der Waals surface area (Å²) >= 11 is 0. The third-order valence-electron chi connectivity index (χ3n) is 4.46. The molecule has 1 aromatic rings. The molecule has 0 radical (unpaired) electrons. The van der Waals surface area contributed by atoms with Crippen LogP contribution in [0.5, 0.6) is 0 Å². The number of hydrogen-bond acceptors (Lipinski definition) is 2. The van der Waals surface area contributed by atoms with Gasteiger partial charge in [-0.3, -0.25) is 0 Å². The predicted molar refractivity (Wildman–Crippen MR) is 78.3 cm³/mol. The van der Waals surface area contributed by atoms with E-state index in [9.17, 15) is 5.11 Å². The van der Waals surface area contributed by atoms with Crippen LogP contribution in [0.3, 0.4) is 0 Å². The van der Waals surface area contributed by atoms with E-state index in [2.05, 4.69) is 25.1 Å². The second-order valence-corrected chi connectivity index (χ2v) is 5.89. The Bertz CT molecular complexity index is 392. The number of rotatable bonds is 5. The van der Waals surface area contributed by atoms with Gasteiger partial charge in [-0.1, -0.05) is 38.0 Å². The first-order chi connectivity index (χ1) is 9.24. The Morgan fingerprint density at radius 2 is 1.89 bits per heavy atom. The molecule has 0 heterocycles. The van der Waals surface area contributed by atoms with Crippen molar-refractivity contribution in [2.75, 3.05) is 13.7 Å². The number of aliphatic hydroxyl groups excluding tert-OH is 1. The topological polar surface area (TPSA) is 29.5 Å². The molecule has 2 rings (SSSR count). The molecule has 1 saturated carbocycles. The molecule has 1 aliphatic carbocycles. The molecule has 1 fully saturated rings. The standard InChI is InChI=1S/C17H26O2/c1-13-3-5-14(6-4-13)15-7-8-17(12-18)16(11-15)9-10-19-2/h7-8,11,13-14,18H,3-6,9-10,12H2,1-2H3. The van der Waals surface area contributed by atoms with Crippen molar-refractivity contribution in [1.82, 2.24) is 0 Å². The monoisotopic (exact) mass is 262 g/mol. The maximum atomic E-state index is 9.41. The van der Waals surface area contributed by atoms with Gasteiger partial charge in [0.25, 0.3) is 0 Å². The van der Waals surface area contributed by atoms with E-state index >= 15 is 0 Å². The zero-order valence-electron chi connectivity index (χ0n) is 12.2. The van der Waals surface area contributed by atoms with Crippen molar-refractivity contribution in [2.45, 2.75) is 51.6 Å². The summed E-state index contributed by atoms with van der Waals surface area (Å²) in [5.74, 6) is 1.60. The number of aliphatic hydroxyl groups is 1. The number of methoxy groups -OCH3 is 1. The van der Waals surface area contributed by atoms with Crippen molar-refractivity contribution < 1.29 is 9.84 Å². The van der Waals surface area contributed by atoms with Gasteiger partial charge in [0.15, 0.2) is 0 Å². The van der Waals surface area contributed by atoms with E-state index < -0.39 is 0 Å². The molecule has 0 bridgehead atoms. The first-order valence-electron chi connectivity index (χ1n) is 7.46. The SMILES string of the molecule is COCCc1cc(C2CCC(C)CC2)ccc1CO. The summed E-state index contributed by atoms with van der Waals surface area (Å²) < 4.78 is 5.16. The van der Waals surface area contributed by atoms with Gasteiger partial charge in [0.1, 0.15) is 0 Å². The lowest BCUT2D eigenvalue weighted by molar-refractivity contribution is 0.201. The minimum atomic E-state index is 0.126. The average Bonchev–Trinajstić information content (AvgIpc) is 2.45. The number of benzene rings is 1. The van der Waals surface area contributed by atoms with Crippen molar-refractivity contribution in [3.8, 4) is 0 Å². The third-order valence-corrected chi connectivity index (χ3v) is 4.46. The minimum Gasteiger partial charge on any atom is -0.392 e. The highest BCUT2D eigenvalue weighted by Crippen LogP contribution is 2.36. The molecule has 0 aliphatic heterocycles. The number of hydrogen-bond donors (Lipinski definition) is 1. The molecule has 19 heavy (non-hydrogen) atoms. The van der Waals surface area contributed by atoms with Crippen LogP contribution in [0.25, 0.3) is 0 Å². The van der Waals surface area contributed by atoms with Crippen LogP contribution in [0.15, 0.2) is 18.2 Å². The van der Waals surface area contributed by atoms with E-state index in [0.29, 0.717) is 5.92 Å². The van der Waals surface area contributed by atoms with Gasteiger partial charge in [-0.2, -0.15) is 0 Å². The van der Waals surface area contributed by atoms with Crippen molar-refractivity contribution in [3.63, 3.8) is 0 Å². The van der Waals surface area contributed by atoms with E-state index in [1.54, 1.807) is 7.11 Å². The van der Waals surface area contributed by atoms with Gasteiger partial charge in [0, 0.05) is 7.11 Å². The lowest BCUT2D eigenvalue weighted by Crippen LogP contribution is -2.11. The van der Waals surface area contributed by atoms with Crippen LogP contribution in [0.1, 0.15) is 55.2 Å². The largest absolute Gasteiger partial charge is 0.392 e. The Hall–Kier alpha value is -0.860.